The highest BCUT2D eigenvalue weighted by atomic mass is 19.1. The van der Waals surface area contributed by atoms with Crippen molar-refractivity contribution in [3.8, 4) is 17.2 Å². The molecule has 9 nitrogen and oxygen atoms in total. The van der Waals surface area contributed by atoms with E-state index in [9.17, 15) is 14.0 Å². The van der Waals surface area contributed by atoms with Crippen LogP contribution in [-0.2, 0) is 0 Å². The van der Waals surface area contributed by atoms with Crippen molar-refractivity contribution in [1.29, 1.82) is 0 Å². The highest BCUT2D eigenvalue weighted by Gasteiger charge is 2.23. The summed E-state index contributed by atoms with van der Waals surface area (Å²) in [5.41, 5.74) is 0.780. The zero-order valence-electron chi connectivity index (χ0n) is 18.3. The molecule has 0 unspecified atom stereocenters. The maximum absolute atomic E-state index is 13.2. The van der Waals surface area contributed by atoms with Gasteiger partial charge >= 0.3 is 6.03 Å². The van der Waals surface area contributed by atoms with Crippen LogP contribution >= 0.6 is 0 Å². The van der Waals surface area contributed by atoms with Crippen molar-refractivity contribution in [1.82, 2.24) is 14.7 Å². The van der Waals surface area contributed by atoms with Crippen molar-refractivity contribution in [3.63, 3.8) is 0 Å². The quantitative estimate of drug-likeness (QED) is 0.639. The van der Waals surface area contributed by atoms with E-state index in [4.69, 9.17) is 9.47 Å². The maximum atomic E-state index is 13.2. The van der Waals surface area contributed by atoms with E-state index in [1.165, 1.54) is 42.1 Å². The van der Waals surface area contributed by atoms with Gasteiger partial charge in [-0.15, -0.1) is 5.10 Å². The Bertz CT molecular complexity index is 1190. The van der Waals surface area contributed by atoms with Gasteiger partial charge in [-0.3, -0.25) is 4.79 Å². The lowest BCUT2D eigenvalue weighted by atomic mass is 10.2. The van der Waals surface area contributed by atoms with Gasteiger partial charge in [0.2, 0.25) is 0 Å². The molecule has 10 heteroatoms. The molecule has 0 bridgehead atoms. The first-order valence-corrected chi connectivity index (χ1v) is 10.4. The van der Waals surface area contributed by atoms with Crippen LogP contribution in [0.25, 0.3) is 5.69 Å². The third kappa shape index (κ3) is 4.89. The number of methoxy groups -OCH3 is 2. The summed E-state index contributed by atoms with van der Waals surface area (Å²) in [4.78, 5) is 28.7. The number of carbonyl (C=O) groups excluding carboxylic acids is 1. The fourth-order valence-electron chi connectivity index (χ4n) is 3.59. The third-order valence-corrected chi connectivity index (χ3v) is 5.38. The van der Waals surface area contributed by atoms with Gasteiger partial charge in [-0.25, -0.2) is 9.18 Å². The first-order chi connectivity index (χ1) is 16.0. The molecule has 3 aromatic rings. The molecule has 0 saturated carbocycles. The Morgan fingerprint density at radius 1 is 0.939 bits per heavy atom. The third-order valence-electron chi connectivity index (χ3n) is 5.38. The summed E-state index contributed by atoms with van der Waals surface area (Å²) >= 11 is 0. The maximum Gasteiger partial charge on any atom is 0.321 e. The fraction of sp³-hybridized carbons (Fsp3) is 0.261. The lowest BCUT2D eigenvalue weighted by Gasteiger charge is -2.35. The van der Waals surface area contributed by atoms with Gasteiger partial charge in [-0.05, 0) is 42.5 Å². The van der Waals surface area contributed by atoms with E-state index in [2.05, 4.69) is 10.4 Å². The van der Waals surface area contributed by atoms with Gasteiger partial charge in [0, 0.05) is 44.0 Å². The molecule has 2 amide bonds. The van der Waals surface area contributed by atoms with Gasteiger partial charge in [0.25, 0.3) is 5.56 Å². The van der Waals surface area contributed by atoms with Crippen molar-refractivity contribution < 1.29 is 18.7 Å². The van der Waals surface area contributed by atoms with Gasteiger partial charge in [0.15, 0.2) is 11.5 Å². The average molecular weight is 453 g/mol. The van der Waals surface area contributed by atoms with Gasteiger partial charge in [-0.2, -0.15) is 4.68 Å². The number of piperazine rings is 1. The number of amides is 2. The number of hydrogen-bond acceptors (Lipinski definition) is 6. The highest BCUT2D eigenvalue weighted by molar-refractivity contribution is 5.90. The van der Waals surface area contributed by atoms with E-state index >= 15 is 0 Å². The molecule has 1 saturated heterocycles. The van der Waals surface area contributed by atoms with Gasteiger partial charge in [-0.1, -0.05) is 0 Å². The molecule has 33 heavy (non-hydrogen) atoms. The second-order valence-corrected chi connectivity index (χ2v) is 7.39. The second-order valence-electron chi connectivity index (χ2n) is 7.39. The molecule has 4 rings (SSSR count). The largest absolute Gasteiger partial charge is 0.493 e. The molecule has 1 fully saturated rings. The average Bonchev–Trinajstić information content (AvgIpc) is 2.85. The zero-order chi connectivity index (χ0) is 23.4. The minimum atomic E-state index is -0.384. The topological polar surface area (TPSA) is 88.9 Å². The van der Waals surface area contributed by atoms with Crippen LogP contribution in [0.2, 0.25) is 0 Å². The van der Waals surface area contributed by atoms with Crippen LogP contribution in [0.1, 0.15) is 0 Å². The van der Waals surface area contributed by atoms with Gasteiger partial charge in [0.1, 0.15) is 11.6 Å². The lowest BCUT2D eigenvalue weighted by Crippen LogP contribution is -2.50. The predicted molar refractivity (Wildman–Crippen MR) is 122 cm³/mol. The molecule has 0 radical (unpaired) electrons. The van der Waals surface area contributed by atoms with Crippen LogP contribution < -0.4 is 25.2 Å². The molecular formula is C23H24FN5O4. The Morgan fingerprint density at radius 3 is 2.30 bits per heavy atom. The Hall–Kier alpha value is -4.08. The summed E-state index contributed by atoms with van der Waals surface area (Å²) in [5, 5.41) is 7.31. The van der Waals surface area contributed by atoms with Crippen molar-refractivity contribution in [3.05, 3.63) is 70.8 Å². The highest BCUT2D eigenvalue weighted by Crippen LogP contribution is 2.29. The Morgan fingerprint density at radius 2 is 1.64 bits per heavy atom. The summed E-state index contributed by atoms with van der Waals surface area (Å²) in [5.74, 6) is 1.34. The van der Waals surface area contributed by atoms with E-state index < -0.39 is 0 Å². The van der Waals surface area contributed by atoms with Crippen molar-refractivity contribution in [2.24, 2.45) is 0 Å². The van der Waals surface area contributed by atoms with Crippen LogP contribution in [0, 0.1) is 5.82 Å². The SMILES string of the molecule is COc1ccc(NC(=O)N2CCN(c3ccc(=O)n(-c4ccc(F)cc4)n3)CC2)cc1OC. The minimum absolute atomic E-state index is 0.217. The van der Waals surface area contributed by atoms with Crippen LogP contribution in [-0.4, -0.2) is 61.1 Å². The fourth-order valence-corrected chi connectivity index (χ4v) is 3.59. The summed E-state index contributed by atoms with van der Waals surface area (Å²) in [6.07, 6.45) is 0. The van der Waals surface area contributed by atoms with E-state index in [1.807, 2.05) is 4.90 Å². The molecule has 172 valence electrons. The smallest absolute Gasteiger partial charge is 0.321 e. The first-order valence-electron chi connectivity index (χ1n) is 10.4. The molecule has 2 aromatic carbocycles. The number of ether oxygens (including phenoxy) is 2. The number of urea groups is 1. The van der Waals surface area contributed by atoms with E-state index in [1.54, 1.807) is 36.3 Å². The van der Waals surface area contributed by atoms with E-state index in [0.29, 0.717) is 54.9 Å². The summed E-state index contributed by atoms with van der Waals surface area (Å²) in [7, 11) is 3.09. The summed E-state index contributed by atoms with van der Waals surface area (Å²) < 4.78 is 25.0. The number of benzene rings is 2. The second kappa shape index (κ2) is 9.60. The number of nitrogens with zero attached hydrogens (tertiary/aromatic N) is 4. The van der Waals surface area contributed by atoms with Gasteiger partial charge < -0.3 is 24.6 Å². The number of rotatable bonds is 5. The number of anilines is 2. The molecule has 1 aromatic heterocycles. The molecule has 0 aliphatic carbocycles. The van der Waals surface area contributed by atoms with Crippen LogP contribution in [0.5, 0.6) is 11.5 Å². The Balaban J connectivity index is 1.41. The van der Waals surface area contributed by atoms with Crippen LogP contribution in [0.3, 0.4) is 0 Å². The molecule has 1 aliphatic rings. The number of aromatic nitrogens is 2. The van der Waals surface area contributed by atoms with E-state index in [0.717, 1.165) is 0 Å². The van der Waals surface area contributed by atoms with Gasteiger partial charge in [0.05, 0.1) is 19.9 Å². The monoisotopic (exact) mass is 453 g/mol. The Labute approximate surface area is 189 Å². The summed E-state index contributed by atoms with van der Waals surface area (Å²) in [6, 6.07) is 13.6. The first kappa shape index (κ1) is 22.1. The van der Waals surface area contributed by atoms with Crippen LogP contribution in [0.15, 0.2) is 59.4 Å². The van der Waals surface area contributed by atoms with Crippen molar-refractivity contribution in [2.45, 2.75) is 0 Å². The number of nitrogens with one attached hydrogen (secondary N) is 1. The standard InChI is InChI=1S/C23H24FN5O4/c1-32-19-8-5-17(15-20(19)33-2)25-23(31)28-13-11-27(12-14-28)21-9-10-22(30)29(26-21)18-6-3-16(24)4-7-18/h3-10,15H,11-14H2,1-2H3,(H,25,31). The lowest BCUT2D eigenvalue weighted by molar-refractivity contribution is 0.208. The molecular weight excluding hydrogens is 429 g/mol. The molecule has 1 aliphatic heterocycles. The molecule has 0 spiro atoms. The Kier molecular flexibility index (Phi) is 6.43. The molecule has 0 atom stereocenters. The molecule has 2 heterocycles. The molecule has 1 N–H and O–H groups in total. The number of carbonyl (C=O) groups is 1. The van der Waals surface area contributed by atoms with Crippen LogP contribution in [0.4, 0.5) is 20.7 Å². The number of halogens is 1. The minimum Gasteiger partial charge on any atom is -0.493 e. The van der Waals surface area contributed by atoms with Crippen molar-refractivity contribution >= 4 is 17.5 Å². The van der Waals surface area contributed by atoms with E-state index in [-0.39, 0.29) is 17.4 Å². The normalized spacial score (nSPS) is 13.5. The summed E-state index contributed by atoms with van der Waals surface area (Å²) in [6.45, 7) is 2.06. The number of hydrogen-bond donors (Lipinski definition) is 1. The zero-order valence-corrected chi connectivity index (χ0v) is 18.3. The van der Waals surface area contributed by atoms with Crippen molar-refractivity contribution in [2.75, 3.05) is 50.6 Å². The predicted octanol–water partition coefficient (Wildman–Crippen LogP) is 2.74.